The number of phenolic OH excluding ortho intramolecular Hbond substituents is 2. The molecule has 0 radical (unpaired) electrons. The molecule has 2 aromatic rings. The van der Waals surface area contributed by atoms with Gasteiger partial charge in [0, 0.05) is 0 Å². The predicted octanol–water partition coefficient (Wildman–Crippen LogP) is 0.331. The molecule has 2 unspecified atom stereocenters. The molecule has 126 valence electrons. The van der Waals surface area contributed by atoms with Gasteiger partial charge in [-0.25, -0.2) is 9.59 Å². The summed E-state index contributed by atoms with van der Waals surface area (Å²) in [5.74, 6) is -3.93. The number of benzene rings is 2. The highest BCUT2D eigenvalue weighted by Gasteiger charge is 2.34. The standard InChI is InChI=1S/C16H14O8/c17-9-5-1-3-7-11(9)23-15(21)13(19)14(20)16(22)24-12-8-4-2-6-10(12)18/h1-8,13-14,17-20H. The Morgan fingerprint density at radius 3 is 1.38 bits per heavy atom. The zero-order chi connectivity index (χ0) is 17.7. The number of phenols is 2. The number of ether oxygens (including phenoxy) is 2. The van der Waals surface area contributed by atoms with Crippen molar-refractivity contribution in [3.63, 3.8) is 0 Å². The van der Waals surface area contributed by atoms with Gasteiger partial charge in [0.25, 0.3) is 0 Å². The zero-order valence-electron chi connectivity index (χ0n) is 12.2. The van der Waals surface area contributed by atoms with Gasteiger partial charge in [0.1, 0.15) is 0 Å². The summed E-state index contributed by atoms with van der Waals surface area (Å²) in [4.78, 5) is 23.5. The molecule has 0 fully saturated rings. The van der Waals surface area contributed by atoms with E-state index in [0.29, 0.717) is 0 Å². The third kappa shape index (κ3) is 4.00. The molecular weight excluding hydrogens is 320 g/mol. The fourth-order valence-electron chi connectivity index (χ4n) is 1.68. The number of hydrogen-bond acceptors (Lipinski definition) is 8. The molecule has 2 aromatic carbocycles. The summed E-state index contributed by atoms with van der Waals surface area (Å²) in [6.45, 7) is 0. The molecular formula is C16H14O8. The minimum absolute atomic E-state index is 0.247. The number of aliphatic hydroxyl groups is 2. The van der Waals surface area contributed by atoms with Crippen LogP contribution < -0.4 is 9.47 Å². The lowest BCUT2D eigenvalue weighted by Gasteiger charge is -2.16. The van der Waals surface area contributed by atoms with Crippen LogP contribution in [0.4, 0.5) is 0 Å². The molecule has 4 N–H and O–H groups in total. The van der Waals surface area contributed by atoms with Crippen molar-refractivity contribution < 1.29 is 39.5 Å². The molecule has 8 heteroatoms. The van der Waals surface area contributed by atoms with E-state index in [9.17, 15) is 30.0 Å². The first-order chi connectivity index (χ1) is 11.4. The van der Waals surface area contributed by atoms with Crippen LogP contribution in [-0.4, -0.2) is 44.6 Å². The molecule has 0 bridgehead atoms. The Morgan fingerprint density at radius 1 is 0.708 bits per heavy atom. The van der Waals surface area contributed by atoms with Crippen molar-refractivity contribution in [2.24, 2.45) is 0 Å². The lowest BCUT2D eigenvalue weighted by molar-refractivity contribution is -0.162. The Labute approximate surface area is 136 Å². The van der Waals surface area contributed by atoms with Gasteiger partial charge in [-0.05, 0) is 24.3 Å². The van der Waals surface area contributed by atoms with E-state index in [-0.39, 0.29) is 23.0 Å². The number of aromatic hydroxyl groups is 2. The van der Waals surface area contributed by atoms with Gasteiger partial charge in [0.2, 0.25) is 0 Å². The summed E-state index contributed by atoms with van der Waals surface area (Å²) in [7, 11) is 0. The van der Waals surface area contributed by atoms with Crippen molar-refractivity contribution in [1.82, 2.24) is 0 Å². The molecule has 8 nitrogen and oxygen atoms in total. The van der Waals surface area contributed by atoms with Gasteiger partial charge in [0.15, 0.2) is 35.2 Å². The highest BCUT2D eigenvalue weighted by Crippen LogP contribution is 2.26. The summed E-state index contributed by atoms with van der Waals surface area (Å²) in [6.07, 6.45) is -4.49. The van der Waals surface area contributed by atoms with E-state index in [1.165, 1.54) is 48.5 Å². The molecule has 0 aliphatic heterocycles. The Hall–Kier alpha value is -3.10. The second kappa shape index (κ2) is 7.44. The highest BCUT2D eigenvalue weighted by atomic mass is 16.6. The van der Waals surface area contributed by atoms with Gasteiger partial charge in [-0.3, -0.25) is 0 Å². The zero-order valence-corrected chi connectivity index (χ0v) is 12.2. The SMILES string of the molecule is O=C(Oc1ccccc1O)C(O)C(O)C(=O)Oc1ccccc1O. The van der Waals surface area contributed by atoms with E-state index in [0.717, 1.165) is 0 Å². The molecule has 0 amide bonds. The lowest BCUT2D eigenvalue weighted by Crippen LogP contribution is -2.43. The molecule has 2 rings (SSSR count). The Bertz CT molecular complexity index is 679. The van der Waals surface area contributed by atoms with Crippen LogP contribution in [0, 0.1) is 0 Å². The number of esters is 2. The fraction of sp³-hybridized carbons (Fsp3) is 0.125. The van der Waals surface area contributed by atoms with Crippen LogP contribution in [0.25, 0.3) is 0 Å². The molecule has 0 saturated carbocycles. The normalized spacial score (nSPS) is 12.9. The highest BCUT2D eigenvalue weighted by molar-refractivity contribution is 5.87. The maximum Gasteiger partial charge on any atom is 0.343 e. The largest absolute Gasteiger partial charge is 0.504 e. The van der Waals surface area contributed by atoms with Gasteiger partial charge in [0.05, 0.1) is 0 Å². The minimum atomic E-state index is -2.25. The smallest absolute Gasteiger partial charge is 0.343 e. The maximum atomic E-state index is 11.7. The first-order valence-electron chi connectivity index (χ1n) is 6.75. The molecule has 2 atom stereocenters. The van der Waals surface area contributed by atoms with Gasteiger partial charge >= 0.3 is 11.9 Å². The first-order valence-corrected chi connectivity index (χ1v) is 6.75. The van der Waals surface area contributed by atoms with Crippen LogP contribution in [0.1, 0.15) is 0 Å². The number of hydrogen-bond donors (Lipinski definition) is 4. The lowest BCUT2D eigenvalue weighted by atomic mass is 10.2. The second-order valence-electron chi connectivity index (χ2n) is 4.67. The van der Waals surface area contributed by atoms with Crippen molar-refractivity contribution in [2.45, 2.75) is 12.2 Å². The van der Waals surface area contributed by atoms with Crippen LogP contribution >= 0.6 is 0 Å². The summed E-state index contributed by atoms with van der Waals surface area (Å²) < 4.78 is 9.39. The van der Waals surface area contributed by atoms with Crippen LogP contribution in [0.2, 0.25) is 0 Å². The average Bonchev–Trinajstić information content (AvgIpc) is 2.57. The van der Waals surface area contributed by atoms with Crippen LogP contribution in [-0.2, 0) is 9.59 Å². The van der Waals surface area contributed by atoms with Gasteiger partial charge in [-0.1, -0.05) is 24.3 Å². The van der Waals surface area contributed by atoms with Crippen LogP contribution in [0.3, 0.4) is 0 Å². The van der Waals surface area contributed by atoms with Crippen LogP contribution in [0.15, 0.2) is 48.5 Å². The molecule has 0 aliphatic rings. The van der Waals surface area contributed by atoms with E-state index in [4.69, 9.17) is 9.47 Å². The molecule has 0 spiro atoms. The monoisotopic (exact) mass is 334 g/mol. The number of para-hydroxylation sites is 4. The van der Waals surface area contributed by atoms with Crippen molar-refractivity contribution in [3.8, 4) is 23.0 Å². The molecule has 24 heavy (non-hydrogen) atoms. The van der Waals surface area contributed by atoms with Crippen LogP contribution in [0.5, 0.6) is 23.0 Å². The summed E-state index contributed by atoms with van der Waals surface area (Å²) in [5, 5.41) is 38.3. The second-order valence-corrected chi connectivity index (χ2v) is 4.67. The van der Waals surface area contributed by atoms with Gasteiger partial charge in [-0.15, -0.1) is 0 Å². The molecule has 0 aliphatic carbocycles. The first kappa shape index (κ1) is 17.3. The summed E-state index contributed by atoms with van der Waals surface area (Å²) in [6, 6.07) is 10.9. The number of carbonyl (C=O) groups is 2. The quantitative estimate of drug-likeness (QED) is 0.454. The topological polar surface area (TPSA) is 134 Å². The summed E-state index contributed by atoms with van der Waals surface area (Å²) >= 11 is 0. The van der Waals surface area contributed by atoms with E-state index in [1.807, 2.05) is 0 Å². The number of carbonyl (C=O) groups excluding carboxylic acids is 2. The molecule has 0 saturated heterocycles. The van der Waals surface area contributed by atoms with Gasteiger partial charge in [-0.2, -0.15) is 0 Å². The van der Waals surface area contributed by atoms with Crippen molar-refractivity contribution in [2.75, 3.05) is 0 Å². The third-order valence-electron chi connectivity index (χ3n) is 2.93. The minimum Gasteiger partial charge on any atom is -0.504 e. The van der Waals surface area contributed by atoms with Crippen molar-refractivity contribution >= 4 is 11.9 Å². The Kier molecular flexibility index (Phi) is 5.35. The van der Waals surface area contributed by atoms with Crippen molar-refractivity contribution in [3.05, 3.63) is 48.5 Å². The predicted molar refractivity (Wildman–Crippen MR) is 79.5 cm³/mol. The van der Waals surface area contributed by atoms with E-state index in [1.54, 1.807) is 0 Å². The Balaban J connectivity index is 2.01. The van der Waals surface area contributed by atoms with Crippen molar-refractivity contribution in [1.29, 1.82) is 0 Å². The Morgan fingerprint density at radius 2 is 1.04 bits per heavy atom. The average molecular weight is 334 g/mol. The van der Waals surface area contributed by atoms with E-state index in [2.05, 4.69) is 0 Å². The van der Waals surface area contributed by atoms with E-state index < -0.39 is 24.1 Å². The van der Waals surface area contributed by atoms with E-state index >= 15 is 0 Å². The molecule has 0 aromatic heterocycles. The maximum absolute atomic E-state index is 11.7. The van der Waals surface area contributed by atoms with Gasteiger partial charge < -0.3 is 29.9 Å². The number of rotatable bonds is 5. The molecule has 0 heterocycles. The fourth-order valence-corrected chi connectivity index (χ4v) is 1.68. The summed E-state index contributed by atoms with van der Waals surface area (Å²) in [5.41, 5.74) is 0. The number of aliphatic hydroxyl groups excluding tert-OH is 2. The third-order valence-corrected chi connectivity index (χ3v) is 2.93.